The normalized spacial score (nSPS) is 10.2. The van der Waals surface area contributed by atoms with Crippen molar-refractivity contribution < 1.29 is 9.47 Å². The average Bonchev–Trinajstić information content (AvgIpc) is 2.47. The monoisotopic (exact) mass is 293 g/mol. The van der Waals surface area contributed by atoms with E-state index in [0.717, 1.165) is 11.3 Å². The van der Waals surface area contributed by atoms with Crippen LogP contribution in [0.5, 0.6) is 11.5 Å². The zero-order chi connectivity index (χ0) is 14.5. The summed E-state index contributed by atoms with van der Waals surface area (Å²) in [4.78, 5) is 10.1. The first-order valence-corrected chi connectivity index (χ1v) is 6.42. The van der Waals surface area contributed by atoms with Crippen LogP contribution < -0.4 is 14.4 Å². The molecule has 1 heterocycles. The molecule has 0 aliphatic carbocycles. The van der Waals surface area contributed by atoms with Crippen LogP contribution in [0.3, 0.4) is 0 Å². The van der Waals surface area contributed by atoms with Crippen molar-refractivity contribution in [3.05, 3.63) is 41.3 Å². The van der Waals surface area contributed by atoms with Gasteiger partial charge in [-0.2, -0.15) is 0 Å². The summed E-state index contributed by atoms with van der Waals surface area (Å²) in [6.07, 6.45) is 1.42. The maximum absolute atomic E-state index is 6.01. The third-order valence-electron chi connectivity index (χ3n) is 2.91. The molecule has 0 saturated carbocycles. The minimum absolute atomic E-state index is 0.296. The molecule has 0 N–H and O–H groups in total. The summed E-state index contributed by atoms with van der Waals surface area (Å²) in [5, 5.41) is 0.296. The number of methoxy groups -OCH3 is 2. The lowest BCUT2D eigenvalue weighted by molar-refractivity contribution is 0.406. The van der Waals surface area contributed by atoms with Gasteiger partial charge in [0.1, 0.15) is 12.1 Å². The number of para-hydroxylation sites is 1. The Kier molecular flexibility index (Phi) is 4.63. The molecule has 1 aromatic heterocycles. The first kappa shape index (κ1) is 14.4. The molecular weight excluding hydrogens is 278 g/mol. The van der Waals surface area contributed by atoms with E-state index in [0.29, 0.717) is 23.3 Å². The molecule has 5 nitrogen and oxygen atoms in total. The van der Waals surface area contributed by atoms with Crippen molar-refractivity contribution in [2.24, 2.45) is 0 Å². The van der Waals surface area contributed by atoms with Gasteiger partial charge in [0.2, 0.25) is 0 Å². The molecular formula is C14H16ClN3O2. The van der Waals surface area contributed by atoms with Gasteiger partial charge in [-0.3, -0.25) is 0 Å². The van der Waals surface area contributed by atoms with Crippen LogP contribution in [0.2, 0.25) is 5.15 Å². The van der Waals surface area contributed by atoms with Gasteiger partial charge in [0.25, 0.3) is 0 Å². The van der Waals surface area contributed by atoms with Gasteiger partial charge in [0.15, 0.2) is 16.7 Å². The summed E-state index contributed by atoms with van der Waals surface area (Å²) in [6, 6.07) is 7.83. The lowest BCUT2D eigenvalue weighted by atomic mass is 10.2. The number of nitrogens with zero attached hydrogens (tertiary/aromatic N) is 3. The van der Waals surface area contributed by atoms with Crippen molar-refractivity contribution in [1.29, 1.82) is 0 Å². The molecule has 1 aromatic carbocycles. The Morgan fingerprint density at radius 2 is 1.90 bits per heavy atom. The van der Waals surface area contributed by atoms with Crippen LogP contribution in [0.1, 0.15) is 5.56 Å². The lowest BCUT2D eigenvalue weighted by Gasteiger charge is -2.21. The SMILES string of the molecule is COc1ccccc1CN(C)c1ncnc(Cl)c1OC. The fraction of sp³-hybridized carbons (Fsp3) is 0.286. The number of benzene rings is 1. The highest BCUT2D eigenvalue weighted by molar-refractivity contribution is 6.31. The van der Waals surface area contributed by atoms with E-state index < -0.39 is 0 Å². The zero-order valence-corrected chi connectivity index (χ0v) is 12.4. The van der Waals surface area contributed by atoms with Gasteiger partial charge in [-0.25, -0.2) is 9.97 Å². The van der Waals surface area contributed by atoms with Crippen LogP contribution in [0, 0.1) is 0 Å². The molecule has 6 heteroatoms. The Labute approximate surface area is 123 Å². The highest BCUT2D eigenvalue weighted by Crippen LogP contribution is 2.32. The van der Waals surface area contributed by atoms with Crippen molar-refractivity contribution in [1.82, 2.24) is 9.97 Å². The fourth-order valence-corrected chi connectivity index (χ4v) is 2.16. The molecule has 20 heavy (non-hydrogen) atoms. The second-order valence-corrected chi connectivity index (χ2v) is 4.55. The van der Waals surface area contributed by atoms with Gasteiger partial charge in [-0.05, 0) is 6.07 Å². The average molecular weight is 294 g/mol. The number of hydrogen-bond acceptors (Lipinski definition) is 5. The van der Waals surface area contributed by atoms with Gasteiger partial charge < -0.3 is 14.4 Å². The second-order valence-electron chi connectivity index (χ2n) is 4.19. The predicted octanol–water partition coefficient (Wildman–Crippen LogP) is 2.78. The van der Waals surface area contributed by atoms with E-state index in [1.165, 1.54) is 6.33 Å². The van der Waals surface area contributed by atoms with E-state index >= 15 is 0 Å². The summed E-state index contributed by atoms with van der Waals surface area (Å²) >= 11 is 6.01. The molecule has 2 aromatic rings. The Morgan fingerprint density at radius 1 is 1.15 bits per heavy atom. The number of aromatic nitrogens is 2. The first-order chi connectivity index (χ1) is 9.67. The summed E-state index contributed by atoms with van der Waals surface area (Å²) < 4.78 is 10.6. The van der Waals surface area contributed by atoms with Gasteiger partial charge >= 0.3 is 0 Å². The zero-order valence-electron chi connectivity index (χ0n) is 11.6. The molecule has 0 saturated heterocycles. The quantitative estimate of drug-likeness (QED) is 0.793. The van der Waals surface area contributed by atoms with E-state index in [9.17, 15) is 0 Å². The number of ether oxygens (including phenoxy) is 2. The fourth-order valence-electron chi connectivity index (χ4n) is 1.96. The molecule has 2 rings (SSSR count). The second kappa shape index (κ2) is 6.43. The molecule has 0 aliphatic rings. The Morgan fingerprint density at radius 3 is 2.60 bits per heavy atom. The van der Waals surface area contributed by atoms with E-state index in [2.05, 4.69) is 9.97 Å². The van der Waals surface area contributed by atoms with Gasteiger partial charge in [0, 0.05) is 19.2 Å². The molecule has 0 spiro atoms. The van der Waals surface area contributed by atoms with Crippen molar-refractivity contribution in [2.75, 3.05) is 26.2 Å². The number of hydrogen-bond donors (Lipinski definition) is 0. The summed E-state index contributed by atoms with van der Waals surface area (Å²) in [6.45, 7) is 0.619. The number of anilines is 1. The van der Waals surface area contributed by atoms with Crippen LogP contribution in [-0.2, 0) is 6.54 Å². The molecule has 0 radical (unpaired) electrons. The molecule has 0 aliphatic heterocycles. The van der Waals surface area contributed by atoms with Crippen LogP contribution in [0.15, 0.2) is 30.6 Å². The minimum Gasteiger partial charge on any atom is -0.496 e. The summed E-state index contributed by atoms with van der Waals surface area (Å²) in [5.41, 5.74) is 1.05. The molecule has 0 bridgehead atoms. The van der Waals surface area contributed by atoms with Crippen molar-refractivity contribution >= 4 is 17.4 Å². The van der Waals surface area contributed by atoms with Crippen molar-refractivity contribution in [2.45, 2.75) is 6.54 Å². The third-order valence-corrected chi connectivity index (χ3v) is 3.18. The van der Waals surface area contributed by atoms with E-state index in [4.69, 9.17) is 21.1 Å². The molecule has 0 atom stereocenters. The largest absolute Gasteiger partial charge is 0.496 e. The number of halogens is 1. The highest BCUT2D eigenvalue weighted by atomic mass is 35.5. The van der Waals surface area contributed by atoms with Gasteiger partial charge in [0.05, 0.1) is 14.2 Å². The summed E-state index contributed by atoms with van der Waals surface area (Å²) in [7, 11) is 5.11. The third kappa shape index (κ3) is 2.93. The van der Waals surface area contributed by atoms with E-state index in [-0.39, 0.29) is 0 Å². The molecule has 0 amide bonds. The van der Waals surface area contributed by atoms with Crippen molar-refractivity contribution in [3.63, 3.8) is 0 Å². The maximum atomic E-state index is 6.01. The smallest absolute Gasteiger partial charge is 0.199 e. The van der Waals surface area contributed by atoms with E-state index in [1.54, 1.807) is 14.2 Å². The maximum Gasteiger partial charge on any atom is 0.199 e. The van der Waals surface area contributed by atoms with Gasteiger partial charge in [-0.15, -0.1) is 0 Å². The lowest BCUT2D eigenvalue weighted by Crippen LogP contribution is -2.19. The topological polar surface area (TPSA) is 47.5 Å². The number of rotatable bonds is 5. The molecule has 0 fully saturated rings. The van der Waals surface area contributed by atoms with Crippen molar-refractivity contribution in [3.8, 4) is 11.5 Å². The predicted molar refractivity (Wildman–Crippen MR) is 78.7 cm³/mol. The van der Waals surface area contributed by atoms with Crippen LogP contribution >= 0.6 is 11.6 Å². The Hall–Kier alpha value is -2.01. The van der Waals surface area contributed by atoms with Crippen LogP contribution in [-0.4, -0.2) is 31.2 Å². The highest BCUT2D eigenvalue weighted by Gasteiger charge is 2.15. The first-order valence-electron chi connectivity index (χ1n) is 6.05. The minimum atomic E-state index is 0.296. The Balaban J connectivity index is 2.28. The van der Waals surface area contributed by atoms with E-state index in [1.807, 2.05) is 36.2 Å². The molecule has 0 unspecified atom stereocenters. The standard InChI is InChI=1S/C14H16ClN3O2/c1-18(8-10-6-4-5-7-11(10)19-2)14-12(20-3)13(15)16-9-17-14/h4-7,9H,8H2,1-3H3. The Bertz CT molecular complexity index is 592. The van der Waals surface area contributed by atoms with Gasteiger partial charge in [-0.1, -0.05) is 29.8 Å². The van der Waals surface area contributed by atoms with Crippen LogP contribution in [0.4, 0.5) is 5.82 Å². The summed E-state index contributed by atoms with van der Waals surface area (Å²) in [5.74, 6) is 1.93. The molecule has 106 valence electrons. The van der Waals surface area contributed by atoms with Crippen LogP contribution in [0.25, 0.3) is 0 Å².